The number of benzene rings is 2. The van der Waals surface area contributed by atoms with Crippen molar-refractivity contribution in [2.45, 2.75) is 20.8 Å². The summed E-state index contributed by atoms with van der Waals surface area (Å²) in [5.74, 6) is 0.544. The van der Waals surface area contributed by atoms with Gasteiger partial charge in [0, 0.05) is 17.4 Å². The maximum absolute atomic E-state index is 12.4. The third-order valence-electron chi connectivity index (χ3n) is 4.62. The van der Waals surface area contributed by atoms with Crippen LogP contribution in [-0.2, 0) is 4.79 Å². The number of nitrogens with one attached hydrogen (secondary N) is 1. The van der Waals surface area contributed by atoms with Gasteiger partial charge >= 0.3 is 0 Å². The van der Waals surface area contributed by atoms with Crippen molar-refractivity contribution < 1.29 is 9.53 Å². The molecule has 0 aliphatic heterocycles. The third kappa shape index (κ3) is 4.27. The van der Waals surface area contributed by atoms with Crippen LogP contribution in [0.5, 0.6) is 5.75 Å². The molecule has 0 aliphatic carbocycles. The maximum Gasteiger partial charge on any atom is 0.262 e. The first kappa shape index (κ1) is 19.1. The van der Waals surface area contributed by atoms with Gasteiger partial charge in [-0.05, 0) is 73.9 Å². The van der Waals surface area contributed by atoms with Crippen LogP contribution in [0, 0.1) is 20.8 Å². The van der Waals surface area contributed by atoms with Crippen LogP contribution in [0.1, 0.15) is 16.7 Å². The summed E-state index contributed by atoms with van der Waals surface area (Å²) >= 11 is 1.56. The van der Waals surface area contributed by atoms with Crippen LogP contribution >= 0.6 is 11.3 Å². The van der Waals surface area contributed by atoms with E-state index in [2.05, 4.69) is 15.3 Å². The lowest BCUT2D eigenvalue weighted by atomic mass is 10.1. The number of anilines is 1. The highest BCUT2D eigenvalue weighted by Gasteiger charge is 2.11. The molecule has 29 heavy (non-hydrogen) atoms. The molecule has 0 saturated heterocycles. The molecule has 0 spiro atoms. The van der Waals surface area contributed by atoms with Gasteiger partial charge in [0.1, 0.15) is 21.1 Å². The molecule has 2 aromatic heterocycles. The van der Waals surface area contributed by atoms with Crippen LogP contribution < -0.4 is 10.1 Å². The maximum atomic E-state index is 12.4. The van der Waals surface area contributed by atoms with Gasteiger partial charge in [-0.2, -0.15) is 0 Å². The van der Waals surface area contributed by atoms with Crippen molar-refractivity contribution in [2.24, 2.45) is 0 Å². The number of pyridine rings is 1. The molecule has 2 aromatic carbocycles. The van der Waals surface area contributed by atoms with Gasteiger partial charge in [-0.25, -0.2) is 9.97 Å². The fraction of sp³-hybridized carbons (Fsp3) is 0.174. The Morgan fingerprint density at radius 2 is 1.93 bits per heavy atom. The van der Waals surface area contributed by atoms with Crippen molar-refractivity contribution in [1.82, 2.24) is 9.97 Å². The van der Waals surface area contributed by atoms with E-state index in [0.29, 0.717) is 0 Å². The summed E-state index contributed by atoms with van der Waals surface area (Å²) < 4.78 is 5.69. The molecule has 0 fully saturated rings. The van der Waals surface area contributed by atoms with Gasteiger partial charge in [-0.1, -0.05) is 23.5 Å². The number of amides is 1. The number of ether oxygens (including phenoxy) is 1. The molecule has 5 nitrogen and oxygen atoms in total. The summed E-state index contributed by atoms with van der Waals surface area (Å²) in [4.78, 5) is 22.3. The lowest BCUT2D eigenvalue weighted by Gasteiger charge is -2.12. The van der Waals surface area contributed by atoms with Crippen molar-refractivity contribution in [3.05, 3.63) is 71.4 Å². The molecule has 0 unspecified atom stereocenters. The van der Waals surface area contributed by atoms with E-state index in [4.69, 9.17) is 4.74 Å². The van der Waals surface area contributed by atoms with Gasteiger partial charge in [-0.3, -0.25) is 4.79 Å². The van der Waals surface area contributed by atoms with Crippen LogP contribution in [0.3, 0.4) is 0 Å². The zero-order valence-electron chi connectivity index (χ0n) is 16.5. The number of aromatic nitrogens is 2. The fourth-order valence-corrected chi connectivity index (χ4v) is 3.93. The normalized spacial score (nSPS) is 10.9. The molecule has 2 heterocycles. The number of fused-ring (bicyclic) bond motifs is 1. The first-order valence-electron chi connectivity index (χ1n) is 9.32. The Morgan fingerprint density at radius 1 is 1.07 bits per heavy atom. The third-order valence-corrected chi connectivity index (χ3v) is 5.64. The van der Waals surface area contributed by atoms with E-state index in [-0.39, 0.29) is 12.5 Å². The predicted octanol–water partition coefficient (Wildman–Crippen LogP) is 5.30. The van der Waals surface area contributed by atoms with Crippen LogP contribution in [-0.4, -0.2) is 22.5 Å². The zero-order valence-corrected chi connectivity index (χ0v) is 17.3. The van der Waals surface area contributed by atoms with E-state index in [1.54, 1.807) is 17.5 Å². The molecular weight excluding hydrogens is 382 g/mol. The number of hydrogen-bond donors (Lipinski definition) is 1. The van der Waals surface area contributed by atoms with Crippen molar-refractivity contribution in [2.75, 3.05) is 11.9 Å². The molecule has 1 amide bonds. The Morgan fingerprint density at radius 3 is 2.72 bits per heavy atom. The second-order valence-corrected chi connectivity index (χ2v) is 7.96. The van der Waals surface area contributed by atoms with E-state index in [1.165, 1.54) is 0 Å². The zero-order chi connectivity index (χ0) is 20.4. The average molecular weight is 404 g/mol. The Labute approximate surface area is 173 Å². The van der Waals surface area contributed by atoms with E-state index in [9.17, 15) is 4.79 Å². The Bertz CT molecular complexity index is 1170. The number of hydrogen-bond acceptors (Lipinski definition) is 5. The summed E-state index contributed by atoms with van der Waals surface area (Å²) in [6, 6.07) is 15.7. The lowest BCUT2D eigenvalue weighted by Crippen LogP contribution is -2.21. The van der Waals surface area contributed by atoms with Crippen LogP contribution in [0.25, 0.3) is 20.9 Å². The minimum absolute atomic E-state index is 0.0327. The standard InChI is InChI=1S/C23H21N3O2S/c1-14-6-7-15(2)20(11-14)28-13-21(27)25-18-9-8-17(12-16(18)3)22-26-19-5-4-10-24-23(19)29-22/h4-12H,13H2,1-3H3,(H,25,27). The highest BCUT2D eigenvalue weighted by atomic mass is 32.1. The van der Waals surface area contributed by atoms with Gasteiger partial charge in [0.15, 0.2) is 6.61 Å². The number of nitrogens with zero attached hydrogens (tertiary/aromatic N) is 2. The predicted molar refractivity (Wildman–Crippen MR) is 118 cm³/mol. The van der Waals surface area contributed by atoms with Gasteiger partial charge in [0.25, 0.3) is 5.91 Å². The quantitative estimate of drug-likeness (QED) is 0.491. The van der Waals surface area contributed by atoms with Crippen molar-refractivity contribution in [3.8, 4) is 16.3 Å². The number of carbonyl (C=O) groups excluding carboxylic acids is 1. The fourth-order valence-electron chi connectivity index (χ4n) is 3.02. The van der Waals surface area contributed by atoms with E-state index in [0.717, 1.165) is 49.0 Å². The van der Waals surface area contributed by atoms with E-state index in [1.807, 2.05) is 69.3 Å². The van der Waals surface area contributed by atoms with Crippen molar-refractivity contribution >= 4 is 33.3 Å². The second kappa shape index (κ2) is 8.01. The van der Waals surface area contributed by atoms with Crippen molar-refractivity contribution in [1.29, 1.82) is 0 Å². The van der Waals surface area contributed by atoms with Gasteiger partial charge < -0.3 is 10.1 Å². The molecule has 4 aromatic rings. The minimum Gasteiger partial charge on any atom is -0.483 e. The van der Waals surface area contributed by atoms with Crippen LogP contribution in [0.2, 0.25) is 0 Å². The second-order valence-electron chi connectivity index (χ2n) is 6.98. The number of carbonyl (C=O) groups is 1. The number of thiazole rings is 1. The molecule has 0 aliphatic rings. The Hall–Kier alpha value is -3.25. The molecule has 146 valence electrons. The van der Waals surface area contributed by atoms with Gasteiger partial charge in [-0.15, -0.1) is 0 Å². The summed E-state index contributed by atoms with van der Waals surface area (Å²) in [6.45, 7) is 5.90. The molecule has 0 atom stereocenters. The smallest absolute Gasteiger partial charge is 0.262 e. The summed E-state index contributed by atoms with van der Waals surface area (Å²) in [5, 5.41) is 3.84. The van der Waals surface area contributed by atoms with Crippen molar-refractivity contribution in [3.63, 3.8) is 0 Å². The van der Waals surface area contributed by atoms with Crippen LogP contribution in [0.15, 0.2) is 54.7 Å². The molecule has 6 heteroatoms. The van der Waals surface area contributed by atoms with Crippen LogP contribution in [0.4, 0.5) is 5.69 Å². The summed E-state index contributed by atoms with van der Waals surface area (Å²) in [6.07, 6.45) is 1.77. The molecule has 0 saturated carbocycles. The molecule has 0 radical (unpaired) electrons. The van der Waals surface area contributed by atoms with Gasteiger partial charge in [0.2, 0.25) is 0 Å². The first-order chi connectivity index (χ1) is 14.0. The lowest BCUT2D eigenvalue weighted by molar-refractivity contribution is -0.118. The largest absolute Gasteiger partial charge is 0.483 e. The Kier molecular flexibility index (Phi) is 5.27. The number of aryl methyl sites for hydroxylation is 3. The molecular formula is C23H21N3O2S. The molecule has 0 bridgehead atoms. The SMILES string of the molecule is Cc1ccc(C)c(OCC(=O)Nc2ccc(-c3nc4cccnc4s3)cc2C)c1. The van der Waals surface area contributed by atoms with Gasteiger partial charge in [0.05, 0.1) is 0 Å². The Balaban J connectivity index is 1.45. The first-order valence-corrected chi connectivity index (χ1v) is 10.1. The molecule has 1 N–H and O–H groups in total. The molecule has 4 rings (SSSR count). The average Bonchev–Trinajstić information content (AvgIpc) is 3.14. The van der Waals surface area contributed by atoms with E-state index >= 15 is 0 Å². The van der Waals surface area contributed by atoms with E-state index < -0.39 is 0 Å². The highest BCUT2D eigenvalue weighted by Crippen LogP contribution is 2.31. The monoisotopic (exact) mass is 403 g/mol. The number of rotatable bonds is 5. The summed E-state index contributed by atoms with van der Waals surface area (Å²) in [5.41, 5.74) is 5.75. The summed E-state index contributed by atoms with van der Waals surface area (Å²) in [7, 11) is 0. The highest BCUT2D eigenvalue weighted by molar-refractivity contribution is 7.21. The minimum atomic E-state index is -0.189. The topological polar surface area (TPSA) is 64.1 Å².